The molecule has 0 amide bonds. The van der Waals surface area contributed by atoms with E-state index in [1.807, 2.05) is 0 Å². The Bertz CT molecular complexity index is 395. The van der Waals surface area contributed by atoms with E-state index in [4.69, 9.17) is 0 Å². The van der Waals surface area contributed by atoms with Gasteiger partial charge in [0.2, 0.25) is 0 Å². The summed E-state index contributed by atoms with van der Waals surface area (Å²) in [6, 6.07) is 1.56. The number of nitrogens with one attached hydrogen (secondary N) is 1. The molecule has 0 bridgehead atoms. The average molecular weight is 244 g/mol. The maximum Gasteiger partial charge on any atom is 0.418 e. The van der Waals surface area contributed by atoms with Crippen LogP contribution < -0.4 is 5.32 Å². The predicted octanol–water partition coefficient (Wildman–Crippen LogP) is 2.56. The zero-order chi connectivity index (χ0) is 12.5. The second kappa shape index (κ2) is 4.64. The van der Waals surface area contributed by atoms with Gasteiger partial charge in [-0.3, -0.25) is 4.98 Å². The molecule has 2 nitrogen and oxygen atoms in total. The van der Waals surface area contributed by atoms with Crippen molar-refractivity contribution >= 4 is 0 Å². The summed E-state index contributed by atoms with van der Waals surface area (Å²) in [5.41, 5.74) is 0.424. The van der Waals surface area contributed by atoms with E-state index in [0.29, 0.717) is 23.6 Å². The lowest BCUT2D eigenvalue weighted by Crippen LogP contribution is -2.15. The van der Waals surface area contributed by atoms with Gasteiger partial charge >= 0.3 is 6.18 Å². The van der Waals surface area contributed by atoms with Crippen molar-refractivity contribution in [3.63, 3.8) is 0 Å². The van der Waals surface area contributed by atoms with Crippen molar-refractivity contribution in [2.45, 2.75) is 25.9 Å². The van der Waals surface area contributed by atoms with Gasteiger partial charge in [-0.1, -0.05) is 0 Å². The molecule has 1 unspecified atom stereocenters. The molecule has 0 aromatic carbocycles. The largest absolute Gasteiger partial charge is 0.418 e. The number of hydrogen-bond acceptors (Lipinski definition) is 2. The molecule has 0 spiro atoms. The number of rotatable bonds is 2. The Labute approximate surface area is 98.2 Å². The molecule has 0 saturated carbocycles. The molecule has 1 fully saturated rings. The van der Waals surface area contributed by atoms with Crippen LogP contribution in [0.25, 0.3) is 0 Å². The Balaban J connectivity index is 2.26. The number of pyridine rings is 1. The summed E-state index contributed by atoms with van der Waals surface area (Å²) < 4.78 is 38.4. The summed E-state index contributed by atoms with van der Waals surface area (Å²) in [5.74, 6) is 0.304. The van der Waals surface area contributed by atoms with Crippen molar-refractivity contribution in [1.82, 2.24) is 10.3 Å². The van der Waals surface area contributed by atoms with Crippen molar-refractivity contribution in [3.8, 4) is 0 Å². The lowest BCUT2D eigenvalue weighted by atomic mass is 9.95. The molecule has 1 saturated heterocycles. The van der Waals surface area contributed by atoms with Crippen LogP contribution >= 0.6 is 0 Å². The minimum Gasteiger partial charge on any atom is -0.316 e. The lowest BCUT2D eigenvalue weighted by Gasteiger charge is -2.15. The third-order valence-electron chi connectivity index (χ3n) is 3.10. The smallest absolute Gasteiger partial charge is 0.316 e. The first-order valence-corrected chi connectivity index (χ1v) is 5.70. The fourth-order valence-electron chi connectivity index (χ4n) is 2.24. The molecule has 1 aromatic rings. The fraction of sp³-hybridized carbons (Fsp3) is 0.583. The van der Waals surface area contributed by atoms with Crippen LogP contribution in [0.1, 0.15) is 23.2 Å². The molecular formula is C12H15F3N2. The van der Waals surface area contributed by atoms with Gasteiger partial charge in [0.05, 0.1) is 5.56 Å². The van der Waals surface area contributed by atoms with E-state index >= 15 is 0 Å². The van der Waals surface area contributed by atoms with Gasteiger partial charge < -0.3 is 5.32 Å². The topological polar surface area (TPSA) is 24.9 Å². The quantitative estimate of drug-likeness (QED) is 0.864. The van der Waals surface area contributed by atoms with Crippen LogP contribution in [-0.2, 0) is 12.6 Å². The maximum atomic E-state index is 12.8. The van der Waals surface area contributed by atoms with Crippen molar-refractivity contribution in [2.75, 3.05) is 13.1 Å². The molecule has 2 heterocycles. The zero-order valence-corrected chi connectivity index (χ0v) is 9.64. The Morgan fingerprint density at radius 3 is 2.82 bits per heavy atom. The minimum absolute atomic E-state index is 0.304. The molecule has 1 atom stereocenters. The average Bonchev–Trinajstić information content (AvgIpc) is 2.68. The van der Waals surface area contributed by atoms with E-state index in [-0.39, 0.29) is 0 Å². The number of nitrogens with zero attached hydrogens (tertiary/aromatic N) is 1. The highest BCUT2D eigenvalue weighted by Gasteiger charge is 2.34. The van der Waals surface area contributed by atoms with Crippen LogP contribution in [0.15, 0.2) is 12.3 Å². The van der Waals surface area contributed by atoms with Crippen LogP contribution in [0.5, 0.6) is 0 Å². The lowest BCUT2D eigenvalue weighted by molar-refractivity contribution is -0.138. The van der Waals surface area contributed by atoms with Gasteiger partial charge in [0.25, 0.3) is 0 Å². The molecule has 0 radical (unpaired) electrons. The summed E-state index contributed by atoms with van der Waals surface area (Å²) in [5, 5.41) is 3.17. The highest BCUT2D eigenvalue weighted by atomic mass is 19.4. The molecule has 1 aromatic heterocycles. The highest BCUT2D eigenvalue weighted by Crippen LogP contribution is 2.33. The van der Waals surface area contributed by atoms with Crippen molar-refractivity contribution < 1.29 is 13.2 Å². The van der Waals surface area contributed by atoms with Gasteiger partial charge in [-0.15, -0.1) is 0 Å². The summed E-state index contributed by atoms with van der Waals surface area (Å²) in [6.45, 7) is 3.42. The normalized spacial score (nSPS) is 20.8. The van der Waals surface area contributed by atoms with Crippen molar-refractivity contribution in [3.05, 3.63) is 29.1 Å². The van der Waals surface area contributed by atoms with Crippen LogP contribution in [0.2, 0.25) is 0 Å². The van der Waals surface area contributed by atoms with Crippen LogP contribution in [0, 0.1) is 12.8 Å². The second-order valence-corrected chi connectivity index (χ2v) is 4.54. The first-order valence-electron chi connectivity index (χ1n) is 5.70. The second-order valence-electron chi connectivity index (χ2n) is 4.54. The summed E-state index contributed by atoms with van der Waals surface area (Å²) in [4.78, 5) is 3.75. The molecule has 5 heteroatoms. The fourth-order valence-corrected chi connectivity index (χ4v) is 2.24. The number of hydrogen-bond donors (Lipinski definition) is 1. The first kappa shape index (κ1) is 12.4. The van der Waals surface area contributed by atoms with Gasteiger partial charge in [-0.05, 0) is 50.4 Å². The van der Waals surface area contributed by atoms with Gasteiger partial charge in [-0.25, -0.2) is 0 Å². The number of aryl methyl sites for hydroxylation is 1. The summed E-state index contributed by atoms with van der Waals surface area (Å²) in [7, 11) is 0. The standard InChI is InChI=1S/C12H15F3N2/c1-8-4-10(5-9-2-3-16-6-9)11(7-17-8)12(13,14)15/h4,7,9,16H,2-3,5-6H2,1H3. The number of halogens is 3. The molecule has 94 valence electrons. The summed E-state index contributed by atoms with van der Waals surface area (Å²) in [6.07, 6.45) is -1.93. The third kappa shape index (κ3) is 2.97. The van der Waals surface area contributed by atoms with Gasteiger partial charge in [0, 0.05) is 11.9 Å². The number of aromatic nitrogens is 1. The van der Waals surface area contributed by atoms with Crippen molar-refractivity contribution in [2.24, 2.45) is 5.92 Å². The Morgan fingerprint density at radius 2 is 2.24 bits per heavy atom. The molecule has 17 heavy (non-hydrogen) atoms. The van der Waals surface area contributed by atoms with Gasteiger partial charge in [0.15, 0.2) is 0 Å². The van der Waals surface area contributed by atoms with E-state index in [1.54, 1.807) is 13.0 Å². The molecule has 1 N–H and O–H groups in total. The Kier molecular flexibility index (Phi) is 3.38. The summed E-state index contributed by atoms with van der Waals surface area (Å²) >= 11 is 0. The highest BCUT2D eigenvalue weighted by molar-refractivity contribution is 5.29. The zero-order valence-electron chi connectivity index (χ0n) is 9.64. The molecular weight excluding hydrogens is 229 g/mol. The Morgan fingerprint density at radius 1 is 1.47 bits per heavy atom. The molecule has 0 aliphatic carbocycles. The predicted molar refractivity (Wildman–Crippen MR) is 58.7 cm³/mol. The van der Waals surface area contributed by atoms with Crippen LogP contribution in [0.4, 0.5) is 13.2 Å². The van der Waals surface area contributed by atoms with Gasteiger partial charge in [-0.2, -0.15) is 13.2 Å². The third-order valence-corrected chi connectivity index (χ3v) is 3.10. The number of alkyl halides is 3. The first-order chi connectivity index (χ1) is 7.97. The molecule has 2 rings (SSSR count). The van der Waals surface area contributed by atoms with E-state index < -0.39 is 11.7 Å². The van der Waals surface area contributed by atoms with E-state index in [0.717, 1.165) is 25.7 Å². The van der Waals surface area contributed by atoms with Crippen molar-refractivity contribution in [1.29, 1.82) is 0 Å². The van der Waals surface area contributed by atoms with E-state index in [2.05, 4.69) is 10.3 Å². The van der Waals surface area contributed by atoms with Crippen LogP contribution in [0.3, 0.4) is 0 Å². The molecule has 1 aliphatic heterocycles. The van der Waals surface area contributed by atoms with Crippen LogP contribution in [-0.4, -0.2) is 18.1 Å². The minimum atomic E-state index is -4.30. The maximum absolute atomic E-state index is 12.8. The monoisotopic (exact) mass is 244 g/mol. The van der Waals surface area contributed by atoms with E-state index in [9.17, 15) is 13.2 Å². The van der Waals surface area contributed by atoms with E-state index in [1.165, 1.54) is 0 Å². The molecule has 1 aliphatic rings. The van der Waals surface area contributed by atoms with Gasteiger partial charge in [0.1, 0.15) is 0 Å². The Hall–Kier alpha value is -1.10. The SMILES string of the molecule is Cc1cc(CC2CCNC2)c(C(F)(F)F)cn1.